The SMILES string of the molecule is CC(=O)NCC1CCN(C(=O)C=Cc2cccc(OCc3csc(C)n3)c2)CC1. The summed E-state index contributed by atoms with van der Waals surface area (Å²) in [7, 11) is 0. The van der Waals surface area contributed by atoms with Crippen molar-refractivity contribution < 1.29 is 14.3 Å². The lowest BCUT2D eigenvalue weighted by Crippen LogP contribution is -2.40. The number of rotatable bonds is 7. The van der Waals surface area contributed by atoms with Gasteiger partial charge < -0.3 is 15.0 Å². The molecular formula is C22H27N3O3S. The van der Waals surface area contributed by atoms with Crippen molar-refractivity contribution in [2.24, 2.45) is 5.92 Å². The van der Waals surface area contributed by atoms with Crippen LogP contribution in [0, 0.1) is 12.8 Å². The van der Waals surface area contributed by atoms with Gasteiger partial charge in [0.1, 0.15) is 12.4 Å². The van der Waals surface area contributed by atoms with Crippen LogP contribution in [0.5, 0.6) is 5.75 Å². The van der Waals surface area contributed by atoms with Gasteiger partial charge in [-0.1, -0.05) is 12.1 Å². The molecule has 6 nitrogen and oxygen atoms in total. The largest absolute Gasteiger partial charge is 0.487 e. The van der Waals surface area contributed by atoms with Crippen LogP contribution in [0.4, 0.5) is 0 Å². The van der Waals surface area contributed by atoms with Crippen molar-refractivity contribution in [1.29, 1.82) is 0 Å². The molecule has 0 atom stereocenters. The first kappa shape index (κ1) is 21.0. The van der Waals surface area contributed by atoms with Gasteiger partial charge in [0.2, 0.25) is 11.8 Å². The molecule has 1 aromatic heterocycles. The Balaban J connectivity index is 1.48. The lowest BCUT2D eigenvalue weighted by atomic mass is 9.96. The highest BCUT2D eigenvalue weighted by molar-refractivity contribution is 7.09. The molecule has 2 amide bonds. The van der Waals surface area contributed by atoms with Crippen LogP contribution in [-0.4, -0.2) is 41.3 Å². The van der Waals surface area contributed by atoms with Gasteiger partial charge in [-0.25, -0.2) is 4.98 Å². The fourth-order valence-electron chi connectivity index (χ4n) is 3.26. The number of hydrogen-bond donors (Lipinski definition) is 1. The van der Waals surface area contributed by atoms with Crippen molar-refractivity contribution in [3.8, 4) is 5.75 Å². The van der Waals surface area contributed by atoms with Crippen LogP contribution in [0.25, 0.3) is 6.08 Å². The summed E-state index contributed by atoms with van der Waals surface area (Å²) in [6.07, 6.45) is 5.28. The number of amides is 2. The average molecular weight is 414 g/mol. The summed E-state index contributed by atoms with van der Waals surface area (Å²) in [6.45, 7) is 6.09. The second-order valence-electron chi connectivity index (χ2n) is 7.26. The third kappa shape index (κ3) is 6.71. The van der Waals surface area contributed by atoms with E-state index in [-0.39, 0.29) is 11.8 Å². The van der Waals surface area contributed by atoms with Gasteiger partial charge in [0.25, 0.3) is 0 Å². The molecule has 1 N–H and O–H groups in total. The number of aryl methyl sites for hydroxylation is 1. The molecule has 29 heavy (non-hydrogen) atoms. The van der Waals surface area contributed by atoms with Crippen LogP contribution in [-0.2, 0) is 16.2 Å². The lowest BCUT2D eigenvalue weighted by molar-refractivity contribution is -0.127. The highest BCUT2D eigenvalue weighted by atomic mass is 32.1. The number of aromatic nitrogens is 1. The molecular weight excluding hydrogens is 386 g/mol. The maximum absolute atomic E-state index is 12.5. The quantitative estimate of drug-likeness (QED) is 0.706. The first-order valence-corrected chi connectivity index (χ1v) is 10.7. The molecule has 154 valence electrons. The van der Waals surface area contributed by atoms with Gasteiger partial charge in [-0.3, -0.25) is 9.59 Å². The third-order valence-corrected chi connectivity index (χ3v) is 5.72. The van der Waals surface area contributed by atoms with Crippen molar-refractivity contribution in [1.82, 2.24) is 15.2 Å². The van der Waals surface area contributed by atoms with Crippen LogP contribution in [0.3, 0.4) is 0 Å². The molecule has 1 saturated heterocycles. The van der Waals surface area contributed by atoms with Gasteiger partial charge >= 0.3 is 0 Å². The summed E-state index contributed by atoms with van der Waals surface area (Å²) in [6, 6.07) is 7.68. The molecule has 1 fully saturated rings. The van der Waals surface area contributed by atoms with E-state index in [4.69, 9.17) is 4.74 Å². The molecule has 1 aliphatic heterocycles. The van der Waals surface area contributed by atoms with Gasteiger partial charge in [0, 0.05) is 38.0 Å². The Morgan fingerprint density at radius 3 is 2.83 bits per heavy atom. The van der Waals surface area contributed by atoms with Gasteiger partial charge in [-0.05, 0) is 49.5 Å². The summed E-state index contributed by atoms with van der Waals surface area (Å²) < 4.78 is 5.81. The standard InChI is InChI=1S/C22H27N3O3S/c1-16(26)23-13-19-8-10-25(11-9-19)22(27)7-6-18-4-3-5-21(12-18)28-14-20-15-29-17(2)24-20/h3-7,12,15,19H,8-11,13-14H2,1-2H3,(H,23,26). The Kier molecular flexibility index (Phi) is 7.41. The third-order valence-electron chi connectivity index (χ3n) is 4.90. The summed E-state index contributed by atoms with van der Waals surface area (Å²) in [4.78, 5) is 29.8. The monoisotopic (exact) mass is 413 g/mol. The van der Waals surface area contributed by atoms with E-state index in [9.17, 15) is 9.59 Å². The number of ether oxygens (including phenoxy) is 1. The molecule has 0 aliphatic carbocycles. The second kappa shape index (κ2) is 10.2. The molecule has 1 aromatic carbocycles. The second-order valence-corrected chi connectivity index (χ2v) is 8.32. The first-order valence-electron chi connectivity index (χ1n) is 9.85. The average Bonchev–Trinajstić information content (AvgIpc) is 3.15. The number of piperidine rings is 1. The minimum Gasteiger partial charge on any atom is -0.487 e. The van der Waals surface area contributed by atoms with E-state index >= 15 is 0 Å². The van der Waals surface area contributed by atoms with Gasteiger partial charge in [-0.2, -0.15) is 0 Å². The van der Waals surface area contributed by atoms with E-state index in [2.05, 4.69) is 10.3 Å². The van der Waals surface area contributed by atoms with E-state index in [1.54, 1.807) is 17.4 Å². The highest BCUT2D eigenvalue weighted by Crippen LogP contribution is 2.19. The van der Waals surface area contributed by atoms with Crippen LogP contribution in [0.1, 0.15) is 36.0 Å². The van der Waals surface area contributed by atoms with Crippen LogP contribution < -0.4 is 10.1 Å². The Morgan fingerprint density at radius 1 is 1.34 bits per heavy atom. The van der Waals surface area contributed by atoms with Crippen LogP contribution in [0.15, 0.2) is 35.7 Å². The zero-order valence-electron chi connectivity index (χ0n) is 16.9. The van der Waals surface area contributed by atoms with Crippen molar-refractivity contribution in [2.45, 2.75) is 33.3 Å². The normalized spacial score (nSPS) is 14.9. The molecule has 0 saturated carbocycles. The number of carbonyl (C=O) groups is 2. The fraction of sp³-hybridized carbons (Fsp3) is 0.409. The summed E-state index contributed by atoms with van der Waals surface area (Å²) in [5, 5.41) is 5.88. The molecule has 1 aliphatic rings. The van der Waals surface area contributed by atoms with E-state index in [1.807, 2.05) is 47.5 Å². The van der Waals surface area contributed by atoms with E-state index in [1.165, 1.54) is 6.92 Å². The van der Waals surface area contributed by atoms with Gasteiger partial charge in [0.15, 0.2) is 0 Å². The van der Waals surface area contributed by atoms with Crippen molar-refractivity contribution in [3.63, 3.8) is 0 Å². The maximum atomic E-state index is 12.5. The molecule has 2 heterocycles. The predicted molar refractivity (Wildman–Crippen MR) is 115 cm³/mol. The number of thiazole rings is 1. The molecule has 3 rings (SSSR count). The lowest BCUT2D eigenvalue weighted by Gasteiger charge is -2.31. The van der Waals surface area contributed by atoms with Gasteiger partial charge in [0.05, 0.1) is 10.7 Å². The Hall–Kier alpha value is -2.67. The number of carbonyl (C=O) groups excluding carboxylic acids is 2. The molecule has 0 unspecified atom stereocenters. The molecule has 7 heteroatoms. The predicted octanol–water partition coefficient (Wildman–Crippen LogP) is 3.42. The van der Waals surface area contributed by atoms with Crippen molar-refractivity contribution in [2.75, 3.05) is 19.6 Å². The summed E-state index contributed by atoms with van der Waals surface area (Å²) >= 11 is 1.61. The van der Waals surface area contributed by atoms with E-state index in [0.29, 0.717) is 19.1 Å². The molecule has 2 aromatic rings. The maximum Gasteiger partial charge on any atom is 0.246 e. The Bertz CT molecular complexity index is 870. The van der Waals surface area contributed by atoms with Crippen LogP contribution >= 0.6 is 11.3 Å². The smallest absolute Gasteiger partial charge is 0.246 e. The summed E-state index contributed by atoms with van der Waals surface area (Å²) in [5.41, 5.74) is 1.84. The minimum absolute atomic E-state index is 0.000604. The number of nitrogens with zero attached hydrogens (tertiary/aromatic N) is 2. The molecule has 0 bridgehead atoms. The van der Waals surface area contributed by atoms with Crippen molar-refractivity contribution >= 4 is 29.2 Å². The Morgan fingerprint density at radius 2 is 2.14 bits per heavy atom. The summed E-state index contributed by atoms with van der Waals surface area (Å²) in [5.74, 6) is 1.22. The fourth-order valence-corrected chi connectivity index (χ4v) is 3.86. The van der Waals surface area contributed by atoms with E-state index in [0.717, 1.165) is 47.9 Å². The number of hydrogen-bond acceptors (Lipinski definition) is 5. The van der Waals surface area contributed by atoms with E-state index < -0.39 is 0 Å². The highest BCUT2D eigenvalue weighted by Gasteiger charge is 2.21. The first-order chi connectivity index (χ1) is 14.0. The zero-order valence-corrected chi connectivity index (χ0v) is 17.7. The van der Waals surface area contributed by atoms with Crippen LogP contribution in [0.2, 0.25) is 0 Å². The topological polar surface area (TPSA) is 71.5 Å². The minimum atomic E-state index is -0.000604. The van der Waals surface area contributed by atoms with Crippen molar-refractivity contribution in [3.05, 3.63) is 52.0 Å². The number of benzene rings is 1. The zero-order chi connectivity index (χ0) is 20.6. The number of nitrogens with one attached hydrogen (secondary N) is 1. The number of likely N-dealkylation sites (tertiary alicyclic amines) is 1. The van der Waals surface area contributed by atoms with Gasteiger partial charge in [-0.15, -0.1) is 11.3 Å². The Labute approximate surface area is 175 Å². The molecule has 0 radical (unpaired) electrons. The molecule has 0 spiro atoms.